The van der Waals surface area contributed by atoms with Crippen LogP contribution in [-0.4, -0.2) is 23.1 Å². The molecule has 0 aliphatic carbocycles. The lowest BCUT2D eigenvalue weighted by atomic mass is 10.1. The number of rotatable bonds is 5. The Hall–Kier alpha value is -3.85. The number of nitrogens with one attached hydrogen (secondary N) is 1. The van der Waals surface area contributed by atoms with Crippen molar-refractivity contribution in [2.45, 2.75) is 13.8 Å². The number of ether oxygens (including phenoxy) is 1. The predicted molar refractivity (Wildman–Crippen MR) is 124 cm³/mol. The molecule has 9 heteroatoms. The SMILES string of the molecule is COc1cc([N+](=O)[O-])ccc1-c1ccc(/C=C2/SC(=Nc3ccc(C)cc3C)NC2=O)o1. The van der Waals surface area contributed by atoms with Crippen LogP contribution in [0.1, 0.15) is 16.9 Å². The fourth-order valence-electron chi connectivity index (χ4n) is 3.22. The second-order valence-corrected chi connectivity index (χ2v) is 8.15. The number of hydrogen-bond donors (Lipinski definition) is 1. The summed E-state index contributed by atoms with van der Waals surface area (Å²) in [6.07, 6.45) is 1.63. The number of thioether (sulfide) groups is 1. The van der Waals surface area contributed by atoms with Crippen molar-refractivity contribution < 1.29 is 18.9 Å². The zero-order valence-electron chi connectivity index (χ0n) is 17.5. The molecule has 1 aliphatic rings. The fraction of sp³-hybridized carbons (Fsp3) is 0.130. The Bertz CT molecular complexity index is 1290. The highest BCUT2D eigenvalue weighted by molar-refractivity contribution is 8.18. The number of nitrogens with zero attached hydrogens (tertiary/aromatic N) is 2. The maximum absolute atomic E-state index is 12.4. The Balaban J connectivity index is 1.58. The van der Waals surface area contributed by atoms with Gasteiger partial charge in [0.2, 0.25) is 0 Å². The van der Waals surface area contributed by atoms with Gasteiger partial charge in [-0.05, 0) is 55.4 Å². The molecule has 1 N–H and O–H groups in total. The van der Waals surface area contributed by atoms with Crippen molar-refractivity contribution in [2.24, 2.45) is 4.99 Å². The van der Waals surface area contributed by atoms with Crippen LogP contribution in [0.3, 0.4) is 0 Å². The predicted octanol–water partition coefficient (Wildman–Crippen LogP) is 5.37. The maximum Gasteiger partial charge on any atom is 0.273 e. The minimum Gasteiger partial charge on any atom is -0.496 e. The maximum atomic E-state index is 12.4. The lowest BCUT2D eigenvalue weighted by Gasteiger charge is -2.05. The van der Waals surface area contributed by atoms with Crippen molar-refractivity contribution >= 4 is 40.3 Å². The second kappa shape index (κ2) is 8.72. The highest BCUT2D eigenvalue weighted by Crippen LogP contribution is 2.35. The van der Waals surface area contributed by atoms with Gasteiger partial charge in [0, 0.05) is 12.1 Å². The number of benzene rings is 2. The van der Waals surface area contributed by atoms with E-state index < -0.39 is 4.92 Å². The number of furan rings is 1. The smallest absolute Gasteiger partial charge is 0.273 e. The number of carbonyl (C=O) groups is 1. The van der Waals surface area contributed by atoms with E-state index in [0.717, 1.165) is 16.8 Å². The van der Waals surface area contributed by atoms with Crippen molar-refractivity contribution in [1.82, 2.24) is 5.32 Å². The van der Waals surface area contributed by atoms with E-state index >= 15 is 0 Å². The molecule has 1 fully saturated rings. The molecule has 1 aromatic heterocycles. The van der Waals surface area contributed by atoms with Gasteiger partial charge in [-0.25, -0.2) is 4.99 Å². The number of nitro groups is 1. The van der Waals surface area contributed by atoms with Crippen molar-refractivity contribution in [3.63, 3.8) is 0 Å². The third kappa shape index (κ3) is 4.42. The monoisotopic (exact) mass is 449 g/mol. The summed E-state index contributed by atoms with van der Waals surface area (Å²) in [5, 5.41) is 14.3. The molecule has 32 heavy (non-hydrogen) atoms. The van der Waals surface area contributed by atoms with Gasteiger partial charge in [-0.3, -0.25) is 14.9 Å². The van der Waals surface area contributed by atoms with Crippen LogP contribution in [0.25, 0.3) is 17.4 Å². The summed E-state index contributed by atoms with van der Waals surface area (Å²) in [6.45, 7) is 3.99. The molecule has 0 atom stereocenters. The average molecular weight is 449 g/mol. The van der Waals surface area contributed by atoms with Gasteiger partial charge in [-0.15, -0.1) is 0 Å². The molecule has 0 bridgehead atoms. The molecule has 8 nitrogen and oxygen atoms in total. The molecule has 0 radical (unpaired) electrons. The van der Waals surface area contributed by atoms with E-state index in [0.29, 0.717) is 32.9 Å². The third-order valence-electron chi connectivity index (χ3n) is 4.79. The molecule has 1 saturated heterocycles. The van der Waals surface area contributed by atoms with Gasteiger partial charge < -0.3 is 14.5 Å². The molecule has 4 rings (SSSR count). The van der Waals surface area contributed by atoms with Gasteiger partial charge in [-0.1, -0.05) is 17.7 Å². The first-order valence-corrected chi connectivity index (χ1v) is 10.4. The number of amidine groups is 1. The molecule has 0 unspecified atom stereocenters. The Labute approximate surface area is 188 Å². The van der Waals surface area contributed by atoms with Crippen LogP contribution in [0.15, 0.2) is 62.8 Å². The van der Waals surface area contributed by atoms with Crippen molar-refractivity contribution in [3.8, 4) is 17.1 Å². The molecule has 0 spiro atoms. The molecular formula is C23H19N3O5S. The normalized spacial score (nSPS) is 15.9. The molecule has 2 heterocycles. The zero-order chi connectivity index (χ0) is 22.8. The van der Waals surface area contributed by atoms with Crippen molar-refractivity contribution in [3.05, 3.63) is 80.4 Å². The van der Waals surface area contributed by atoms with E-state index in [-0.39, 0.29) is 11.6 Å². The summed E-state index contributed by atoms with van der Waals surface area (Å²) in [6, 6.07) is 13.7. The van der Waals surface area contributed by atoms with E-state index in [9.17, 15) is 14.9 Å². The average Bonchev–Trinajstić information content (AvgIpc) is 3.36. The van der Waals surface area contributed by atoms with Gasteiger partial charge in [0.05, 0.1) is 34.3 Å². The highest BCUT2D eigenvalue weighted by Gasteiger charge is 2.25. The Morgan fingerprint density at radius 2 is 1.97 bits per heavy atom. The van der Waals surface area contributed by atoms with Crippen LogP contribution in [0, 0.1) is 24.0 Å². The molecule has 3 aromatic rings. The molecule has 1 aliphatic heterocycles. The van der Waals surface area contributed by atoms with E-state index in [1.54, 1.807) is 24.3 Å². The standard InChI is InChI=1S/C23H19N3O5S/c1-13-4-8-18(14(2)10-13)24-23-25-22(27)21(32-23)12-16-6-9-19(31-16)17-7-5-15(26(28)29)11-20(17)30-3/h4-12H,1-3H3,(H,24,25,27)/b21-12+. The minimum absolute atomic E-state index is 0.0749. The highest BCUT2D eigenvalue weighted by atomic mass is 32.2. The van der Waals surface area contributed by atoms with Crippen LogP contribution < -0.4 is 10.1 Å². The summed E-state index contributed by atoms with van der Waals surface area (Å²) >= 11 is 1.23. The van der Waals surface area contributed by atoms with Crippen LogP contribution >= 0.6 is 11.8 Å². The second-order valence-electron chi connectivity index (χ2n) is 7.12. The molecule has 1 amide bonds. The summed E-state index contributed by atoms with van der Waals surface area (Å²) in [7, 11) is 1.44. The van der Waals surface area contributed by atoms with Gasteiger partial charge in [0.15, 0.2) is 5.17 Å². The number of amides is 1. The Morgan fingerprint density at radius 3 is 2.69 bits per heavy atom. The number of carbonyl (C=O) groups excluding carboxylic acids is 1. The number of aryl methyl sites for hydroxylation is 2. The quantitative estimate of drug-likeness (QED) is 0.319. The molecule has 2 aromatic carbocycles. The fourth-order valence-corrected chi connectivity index (χ4v) is 4.04. The van der Waals surface area contributed by atoms with Gasteiger partial charge >= 0.3 is 0 Å². The molecule has 162 valence electrons. The number of nitro benzene ring substituents is 1. The molecular weight excluding hydrogens is 430 g/mol. The zero-order valence-corrected chi connectivity index (χ0v) is 18.4. The van der Waals surface area contributed by atoms with Crippen LogP contribution in [0.4, 0.5) is 11.4 Å². The topological polar surface area (TPSA) is 107 Å². The lowest BCUT2D eigenvalue weighted by Crippen LogP contribution is -2.19. The van der Waals surface area contributed by atoms with Gasteiger partial charge in [-0.2, -0.15) is 0 Å². The largest absolute Gasteiger partial charge is 0.496 e. The van der Waals surface area contributed by atoms with Crippen molar-refractivity contribution in [2.75, 3.05) is 7.11 Å². The van der Waals surface area contributed by atoms with Crippen LogP contribution in [0.5, 0.6) is 5.75 Å². The number of hydrogen-bond acceptors (Lipinski definition) is 7. The summed E-state index contributed by atoms with van der Waals surface area (Å²) in [5.41, 5.74) is 3.47. The van der Waals surface area contributed by atoms with Crippen molar-refractivity contribution in [1.29, 1.82) is 0 Å². The van der Waals surface area contributed by atoms with Crippen LogP contribution in [-0.2, 0) is 4.79 Å². The van der Waals surface area contributed by atoms with Gasteiger partial charge in [0.1, 0.15) is 17.3 Å². The summed E-state index contributed by atoms with van der Waals surface area (Å²) in [5.74, 6) is 0.995. The number of non-ortho nitro benzene ring substituents is 1. The summed E-state index contributed by atoms with van der Waals surface area (Å²) in [4.78, 5) is 27.9. The Morgan fingerprint density at radius 1 is 1.16 bits per heavy atom. The Kier molecular flexibility index (Phi) is 5.83. The van der Waals surface area contributed by atoms with E-state index in [2.05, 4.69) is 10.3 Å². The first-order valence-electron chi connectivity index (χ1n) is 9.63. The summed E-state index contributed by atoms with van der Waals surface area (Å²) < 4.78 is 11.1. The lowest BCUT2D eigenvalue weighted by molar-refractivity contribution is -0.384. The van der Waals surface area contributed by atoms with Crippen LogP contribution in [0.2, 0.25) is 0 Å². The first-order chi connectivity index (χ1) is 15.3. The number of aliphatic imine (C=N–C) groups is 1. The third-order valence-corrected chi connectivity index (χ3v) is 5.70. The first kappa shape index (κ1) is 21.4. The minimum atomic E-state index is -0.489. The van der Waals surface area contributed by atoms with E-state index in [4.69, 9.17) is 9.15 Å². The molecule has 0 saturated carbocycles. The van der Waals surface area contributed by atoms with E-state index in [1.165, 1.54) is 31.0 Å². The van der Waals surface area contributed by atoms with E-state index in [1.807, 2.05) is 32.0 Å². The van der Waals surface area contributed by atoms with Gasteiger partial charge in [0.25, 0.3) is 11.6 Å². The number of methoxy groups -OCH3 is 1.